The first-order chi connectivity index (χ1) is 10.9. The molecule has 1 heterocycles. The standard InChI is InChI=1S/C18H27NO4/c1-13-11-19(18(2,3)12-23-13)17(20)9-7-14-6-8-15(21-4)16(10-14)22-5/h6,8,10,13H,7,9,11-12H2,1-5H3/t13-/m0/s1. The lowest BCUT2D eigenvalue weighted by molar-refractivity contribution is -0.152. The van der Waals surface area contributed by atoms with E-state index in [-0.39, 0.29) is 17.6 Å². The summed E-state index contributed by atoms with van der Waals surface area (Å²) in [5.41, 5.74) is 0.816. The van der Waals surface area contributed by atoms with Gasteiger partial charge in [0.05, 0.1) is 32.5 Å². The molecule has 1 saturated heterocycles. The molecule has 5 nitrogen and oxygen atoms in total. The number of benzene rings is 1. The molecule has 1 aromatic rings. The van der Waals surface area contributed by atoms with Crippen molar-refractivity contribution < 1.29 is 19.0 Å². The quantitative estimate of drug-likeness (QED) is 0.836. The van der Waals surface area contributed by atoms with Crippen LogP contribution in [0.25, 0.3) is 0 Å². The molecule has 0 aromatic heterocycles. The summed E-state index contributed by atoms with van der Waals surface area (Å²) in [6.45, 7) is 7.33. The number of ether oxygens (including phenoxy) is 3. The lowest BCUT2D eigenvalue weighted by Crippen LogP contribution is -2.57. The third kappa shape index (κ3) is 4.16. The molecule has 0 bridgehead atoms. The second-order valence-electron chi connectivity index (χ2n) is 6.63. The molecule has 0 saturated carbocycles. The Kier molecular flexibility index (Phi) is 5.52. The maximum absolute atomic E-state index is 12.6. The number of morpholine rings is 1. The number of hydrogen-bond acceptors (Lipinski definition) is 4. The molecule has 23 heavy (non-hydrogen) atoms. The summed E-state index contributed by atoms with van der Waals surface area (Å²) in [5, 5.41) is 0. The second-order valence-corrected chi connectivity index (χ2v) is 6.63. The van der Waals surface area contributed by atoms with Crippen LogP contribution in [0.3, 0.4) is 0 Å². The number of nitrogens with zero attached hydrogens (tertiary/aromatic N) is 1. The Balaban J connectivity index is 2.01. The average Bonchev–Trinajstić information content (AvgIpc) is 2.54. The summed E-state index contributed by atoms with van der Waals surface area (Å²) in [6.07, 6.45) is 1.25. The molecule has 2 rings (SSSR count). The summed E-state index contributed by atoms with van der Waals surface area (Å²) >= 11 is 0. The van der Waals surface area contributed by atoms with Crippen LogP contribution in [-0.2, 0) is 16.0 Å². The van der Waals surface area contributed by atoms with Gasteiger partial charge in [0.15, 0.2) is 11.5 Å². The molecule has 0 N–H and O–H groups in total. The van der Waals surface area contributed by atoms with Crippen LogP contribution in [0.15, 0.2) is 18.2 Å². The molecule has 5 heteroatoms. The number of carbonyl (C=O) groups is 1. The zero-order valence-electron chi connectivity index (χ0n) is 14.7. The molecule has 1 fully saturated rings. The van der Waals surface area contributed by atoms with Crippen LogP contribution < -0.4 is 9.47 Å². The second kappa shape index (κ2) is 7.21. The van der Waals surface area contributed by atoms with E-state index in [0.29, 0.717) is 37.5 Å². The van der Waals surface area contributed by atoms with E-state index in [4.69, 9.17) is 14.2 Å². The van der Waals surface area contributed by atoms with E-state index in [0.717, 1.165) is 5.56 Å². The molecular formula is C18H27NO4. The highest BCUT2D eigenvalue weighted by molar-refractivity contribution is 5.77. The van der Waals surface area contributed by atoms with Crippen molar-refractivity contribution in [1.82, 2.24) is 4.90 Å². The van der Waals surface area contributed by atoms with Gasteiger partial charge in [0, 0.05) is 13.0 Å². The largest absolute Gasteiger partial charge is 0.493 e. The molecule has 1 atom stereocenters. The third-order valence-corrected chi connectivity index (χ3v) is 4.27. The minimum atomic E-state index is -0.249. The van der Waals surface area contributed by atoms with Gasteiger partial charge in [-0.15, -0.1) is 0 Å². The van der Waals surface area contributed by atoms with Crippen molar-refractivity contribution in [3.63, 3.8) is 0 Å². The first-order valence-electron chi connectivity index (χ1n) is 8.00. The molecule has 0 spiro atoms. The summed E-state index contributed by atoms with van der Waals surface area (Å²) in [7, 11) is 3.23. The van der Waals surface area contributed by atoms with Crippen LogP contribution in [0, 0.1) is 0 Å². The van der Waals surface area contributed by atoms with Crippen molar-refractivity contribution in [2.75, 3.05) is 27.4 Å². The number of aryl methyl sites for hydroxylation is 1. The van der Waals surface area contributed by atoms with E-state index in [2.05, 4.69) is 0 Å². The molecule has 1 amide bonds. The monoisotopic (exact) mass is 321 g/mol. The molecule has 0 aliphatic carbocycles. The number of carbonyl (C=O) groups excluding carboxylic acids is 1. The number of amides is 1. The number of hydrogen-bond donors (Lipinski definition) is 0. The Morgan fingerprint density at radius 1 is 1.30 bits per heavy atom. The van der Waals surface area contributed by atoms with E-state index in [1.807, 2.05) is 43.9 Å². The third-order valence-electron chi connectivity index (χ3n) is 4.27. The molecular weight excluding hydrogens is 294 g/mol. The molecule has 0 radical (unpaired) electrons. The fourth-order valence-corrected chi connectivity index (χ4v) is 2.84. The van der Waals surface area contributed by atoms with Crippen molar-refractivity contribution in [3.8, 4) is 11.5 Å². The van der Waals surface area contributed by atoms with Crippen molar-refractivity contribution >= 4 is 5.91 Å². The fourth-order valence-electron chi connectivity index (χ4n) is 2.84. The molecule has 0 unspecified atom stereocenters. The van der Waals surface area contributed by atoms with Crippen LogP contribution in [-0.4, -0.2) is 49.8 Å². The Morgan fingerprint density at radius 3 is 2.65 bits per heavy atom. The van der Waals surface area contributed by atoms with Gasteiger partial charge in [0.2, 0.25) is 5.91 Å². The maximum Gasteiger partial charge on any atom is 0.223 e. The van der Waals surface area contributed by atoms with Crippen molar-refractivity contribution in [1.29, 1.82) is 0 Å². The highest BCUT2D eigenvalue weighted by Gasteiger charge is 2.36. The van der Waals surface area contributed by atoms with Crippen LogP contribution in [0.1, 0.15) is 32.8 Å². The van der Waals surface area contributed by atoms with E-state index in [1.165, 1.54) is 0 Å². The zero-order valence-corrected chi connectivity index (χ0v) is 14.7. The van der Waals surface area contributed by atoms with E-state index in [1.54, 1.807) is 14.2 Å². The van der Waals surface area contributed by atoms with E-state index >= 15 is 0 Å². The van der Waals surface area contributed by atoms with Gasteiger partial charge < -0.3 is 19.1 Å². The molecule has 1 aliphatic heterocycles. The van der Waals surface area contributed by atoms with Crippen molar-refractivity contribution in [2.24, 2.45) is 0 Å². The predicted molar refractivity (Wildman–Crippen MR) is 89.1 cm³/mol. The fraction of sp³-hybridized carbons (Fsp3) is 0.611. The lowest BCUT2D eigenvalue weighted by Gasteiger charge is -2.44. The number of rotatable bonds is 5. The highest BCUT2D eigenvalue weighted by atomic mass is 16.5. The summed E-state index contributed by atoms with van der Waals surface area (Å²) < 4.78 is 16.2. The summed E-state index contributed by atoms with van der Waals surface area (Å²) in [6, 6.07) is 5.78. The van der Waals surface area contributed by atoms with E-state index < -0.39 is 0 Å². The zero-order chi connectivity index (χ0) is 17.0. The Morgan fingerprint density at radius 2 is 2.00 bits per heavy atom. The van der Waals surface area contributed by atoms with Gasteiger partial charge in [-0.1, -0.05) is 6.07 Å². The van der Waals surface area contributed by atoms with Gasteiger partial charge in [0.25, 0.3) is 0 Å². The Labute approximate surface area is 138 Å². The van der Waals surface area contributed by atoms with Gasteiger partial charge in [-0.3, -0.25) is 4.79 Å². The predicted octanol–water partition coefficient (Wildman–Crippen LogP) is 2.66. The first kappa shape index (κ1) is 17.6. The van der Waals surface area contributed by atoms with Gasteiger partial charge >= 0.3 is 0 Å². The average molecular weight is 321 g/mol. The van der Waals surface area contributed by atoms with Crippen LogP contribution in [0.4, 0.5) is 0 Å². The van der Waals surface area contributed by atoms with Crippen LogP contribution in [0.5, 0.6) is 11.5 Å². The molecule has 1 aromatic carbocycles. The van der Waals surface area contributed by atoms with Gasteiger partial charge in [-0.25, -0.2) is 0 Å². The maximum atomic E-state index is 12.6. The Hall–Kier alpha value is -1.75. The van der Waals surface area contributed by atoms with Gasteiger partial charge in [-0.05, 0) is 44.9 Å². The summed E-state index contributed by atoms with van der Waals surface area (Å²) in [5.74, 6) is 1.56. The molecule has 1 aliphatic rings. The van der Waals surface area contributed by atoms with Gasteiger partial charge in [0.1, 0.15) is 0 Å². The molecule has 128 valence electrons. The lowest BCUT2D eigenvalue weighted by atomic mass is 9.99. The smallest absolute Gasteiger partial charge is 0.223 e. The van der Waals surface area contributed by atoms with Gasteiger partial charge in [-0.2, -0.15) is 0 Å². The van der Waals surface area contributed by atoms with Crippen molar-refractivity contribution in [2.45, 2.75) is 45.3 Å². The normalized spacial score (nSPS) is 20.2. The van der Waals surface area contributed by atoms with Crippen molar-refractivity contribution in [3.05, 3.63) is 23.8 Å². The van der Waals surface area contributed by atoms with Crippen LogP contribution in [0.2, 0.25) is 0 Å². The summed E-state index contributed by atoms with van der Waals surface area (Å²) in [4.78, 5) is 14.6. The first-order valence-corrected chi connectivity index (χ1v) is 8.00. The number of methoxy groups -OCH3 is 2. The van der Waals surface area contributed by atoms with Crippen LogP contribution >= 0.6 is 0 Å². The Bertz CT molecular complexity index is 556. The minimum Gasteiger partial charge on any atom is -0.493 e. The van der Waals surface area contributed by atoms with E-state index in [9.17, 15) is 4.79 Å². The minimum absolute atomic E-state index is 0.0908. The highest BCUT2D eigenvalue weighted by Crippen LogP contribution is 2.28. The SMILES string of the molecule is COc1ccc(CCC(=O)N2C[C@H](C)OCC2(C)C)cc1OC. The topological polar surface area (TPSA) is 48.0 Å².